The van der Waals surface area contributed by atoms with Crippen LogP contribution >= 0.6 is 11.8 Å². The number of hydrogen-bond acceptors (Lipinski definition) is 4. The summed E-state index contributed by atoms with van der Waals surface area (Å²) in [5.74, 6) is 3.46. The number of ether oxygens (including phenoxy) is 2. The molecule has 0 saturated heterocycles. The van der Waals surface area contributed by atoms with Crippen LogP contribution in [0.2, 0.25) is 0 Å². The van der Waals surface area contributed by atoms with Gasteiger partial charge in [-0.3, -0.25) is 4.79 Å². The summed E-state index contributed by atoms with van der Waals surface area (Å²) in [5.41, 5.74) is 1.14. The summed E-state index contributed by atoms with van der Waals surface area (Å²) in [5, 5.41) is 2.91. The molecular formula is C14H19NO3S. The predicted octanol–water partition coefficient (Wildman–Crippen LogP) is 2.42. The second-order valence-electron chi connectivity index (χ2n) is 4.88. The van der Waals surface area contributed by atoms with Crippen LogP contribution in [0.1, 0.15) is 19.4 Å². The predicted molar refractivity (Wildman–Crippen MR) is 76.6 cm³/mol. The number of amides is 1. The summed E-state index contributed by atoms with van der Waals surface area (Å²) in [4.78, 5) is 11.5. The topological polar surface area (TPSA) is 47.6 Å². The second kappa shape index (κ2) is 6.70. The average Bonchev–Trinajstić information content (AvgIpc) is 2.83. The molecule has 1 N–H and O–H groups in total. The monoisotopic (exact) mass is 281 g/mol. The molecule has 1 aliphatic rings. The minimum Gasteiger partial charge on any atom is -0.454 e. The molecule has 1 aliphatic heterocycles. The number of nitrogens with one attached hydrogen (secondary N) is 1. The first-order valence-corrected chi connectivity index (χ1v) is 7.53. The molecule has 0 bridgehead atoms. The normalized spacial score (nSPS) is 12.8. The van der Waals surface area contributed by atoms with E-state index in [1.165, 1.54) is 0 Å². The van der Waals surface area contributed by atoms with Crippen LogP contribution in [0.4, 0.5) is 0 Å². The van der Waals surface area contributed by atoms with Crippen LogP contribution in [-0.4, -0.2) is 25.0 Å². The Labute approximate surface area is 117 Å². The highest BCUT2D eigenvalue weighted by Crippen LogP contribution is 2.33. The van der Waals surface area contributed by atoms with Crippen molar-refractivity contribution >= 4 is 17.7 Å². The van der Waals surface area contributed by atoms with Crippen molar-refractivity contribution in [3.8, 4) is 11.5 Å². The lowest BCUT2D eigenvalue weighted by molar-refractivity contribution is -0.118. The molecular weight excluding hydrogens is 262 g/mol. The van der Waals surface area contributed by atoms with Crippen LogP contribution < -0.4 is 14.8 Å². The highest BCUT2D eigenvalue weighted by molar-refractivity contribution is 7.99. The van der Waals surface area contributed by atoms with Gasteiger partial charge in [-0.2, -0.15) is 0 Å². The Morgan fingerprint density at radius 3 is 2.95 bits per heavy atom. The van der Waals surface area contributed by atoms with E-state index in [0.29, 0.717) is 18.5 Å². The van der Waals surface area contributed by atoms with Crippen molar-refractivity contribution in [2.24, 2.45) is 5.92 Å². The van der Waals surface area contributed by atoms with Gasteiger partial charge in [0.1, 0.15) is 0 Å². The number of fused-ring (bicyclic) bond motifs is 1. The first-order valence-electron chi connectivity index (χ1n) is 6.38. The molecule has 1 aromatic carbocycles. The van der Waals surface area contributed by atoms with Crippen molar-refractivity contribution in [1.29, 1.82) is 0 Å². The van der Waals surface area contributed by atoms with E-state index in [4.69, 9.17) is 9.47 Å². The highest BCUT2D eigenvalue weighted by atomic mass is 32.2. The van der Waals surface area contributed by atoms with E-state index in [-0.39, 0.29) is 5.91 Å². The van der Waals surface area contributed by atoms with Crippen molar-refractivity contribution in [3.63, 3.8) is 0 Å². The zero-order valence-electron chi connectivity index (χ0n) is 11.3. The summed E-state index contributed by atoms with van der Waals surface area (Å²) in [6.45, 7) is 5.20. The van der Waals surface area contributed by atoms with E-state index < -0.39 is 0 Å². The SMILES string of the molecule is CC(C)CNC(=O)CSCc1ccc2c(c1)OCO2. The Bertz CT molecular complexity index is 448. The number of carbonyl (C=O) groups is 1. The zero-order chi connectivity index (χ0) is 13.7. The lowest BCUT2D eigenvalue weighted by atomic mass is 10.2. The van der Waals surface area contributed by atoms with E-state index in [1.807, 2.05) is 18.2 Å². The molecule has 0 fully saturated rings. The molecule has 5 heteroatoms. The fraction of sp³-hybridized carbons (Fsp3) is 0.500. The quantitative estimate of drug-likeness (QED) is 0.870. The van der Waals surface area contributed by atoms with Gasteiger partial charge in [-0.05, 0) is 23.6 Å². The van der Waals surface area contributed by atoms with Gasteiger partial charge in [-0.15, -0.1) is 11.8 Å². The van der Waals surface area contributed by atoms with E-state index in [9.17, 15) is 4.79 Å². The lowest BCUT2D eigenvalue weighted by Crippen LogP contribution is -2.28. The molecule has 0 atom stereocenters. The molecule has 0 aromatic heterocycles. The van der Waals surface area contributed by atoms with Crippen LogP contribution in [0.3, 0.4) is 0 Å². The van der Waals surface area contributed by atoms with E-state index in [2.05, 4.69) is 19.2 Å². The van der Waals surface area contributed by atoms with Gasteiger partial charge in [0.25, 0.3) is 0 Å². The molecule has 4 nitrogen and oxygen atoms in total. The Kier molecular flexibility index (Phi) is 4.96. The number of carbonyl (C=O) groups excluding carboxylic acids is 1. The number of rotatable bonds is 6. The van der Waals surface area contributed by atoms with Gasteiger partial charge in [0.2, 0.25) is 12.7 Å². The van der Waals surface area contributed by atoms with Crippen molar-refractivity contribution in [3.05, 3.63) is 23.8 Å². The largest absolute Gasteiger partial charge is 0.454 e. The van der Waals surface area contributed by atoms with Gasteiger partial charge in [-0.1, -0.05) is 19.9 Å². The van der Waals surface area contributed by atoms with Crippen LogP contribution in [0, 0.1) is 5.92 Å². The third kappa shape index (κ3) is 4.35. The molecule has 0 saturated carbocycles. The maximum absolute atomic E-state index is 11.5. The maximum Gasteiger partial charge on any atom is 0.231 e. The molecule has 19 heavy (non-hydrogen) atoms. The molecule has 104 valence electrons. The lowest BCUT2D eigenvalue weighted by Gasteiger charge is -2.07. The van der Waals surface area contributed by atoms with Gasteiger partial charge < -0.3 is 14.8 Å². The van der Waals surface area contributed by atoms with Crippen LogP contribution in [0.15, 0.2) is 18.2 Å². The van der Waals surface area contributed by atoms with Crippen LogP contribution in [0.5, 0.6) is 11.5 Å². The van der Waals surface area contributed by atoms with Gasteiger partial charge in [0.15, 0.2) is 11.5 Å². The summed E-state index contributed by atoms with van der Waals surface area (Å²) in [7, 11) is 0. The minimum absolute atomic E-state index is 0.0967. The third-order valence-electron chi connectivity index (χ3n) is 2.65. The van der Waals surface area contributed by atoms with Crippen molar-refractivity contribution in [2.75, 3.05) is 19.1 Å². The van der Waals surface area contributed by atoms with Crippen LogP contribution in [0.25, 0.3) is 0 Å². The number of thioether (sulfide) groups is 1. The second-order valence-corrected chi connectivity index (χ2v) is 5.86. The molecule has 1 heterocycles. The van der Waals surface area contributed by atoms with Gasteiger partial charge in [0, 0.05) is 12.3 Å². The molecule has 1 amide bonds. The zero-order valence-corrected chi connectivity index (χ0v) is 12.1. The third-order valence-corrected chi connectivity index (χ3v) is 3.65. The van der Waals surface area contributed by atoms with Crippen LogP contribution in [-0.2, 0) is 10.5 Å². The minimum atomic E-state index is 0.0967. The molecule has 0 spiro atoms. The molecule has 0 aliphatic carbocycles. The molecule has 2 rings (SSSR count). The van der Waals surface area contributed by atoms with E-state index >= 15 is 0 Å². The average molecular weight is 281 g/mol. The van der Waals surface area contributed by atoms with Gasteiger partial charge in [-0.25, -0.2) is 0 Å². The standard InChI is InChI=1S/C14H19NO3S/c1-10(2)6-15-14(16)8-19-7-11-3-4-12-13(5-11)18-9-17-12/h3-5,10H,6-9H2,1-2H3,(H,15,16). The van der Waals surface area contributed by atoms with Crippen molar-refractivity contribution < 1.29 is 14.3 Å². The first kappa shape index (κ1) is 14.1. The van der Waals surface area contributed by atoms with E-state index in [0.717, 1.165) is 29.4 Å². The summed E-state index contributed by atoms with van der Waals surface area (Å²) in [6, 6.07) is 5.89. The van der Waals surface area contributed by atoms with Crippen molar-refractivity contribution in [2.45, 2.75) is 19.6 Å². The van der Waals surface area contributed by atoms with Gasteiger partial charge in [0.05, 0.1) is 5.75 Å². The Balaban J connectivity index is 1.72. The fourth-order valence-electron chi connectivity index (χ4n) is 1.66. The van der Waals surface area contributed by atoms with Crippen molar-refractivity contribution in [1.82, 2.24) is 5.32 Å². The fourth-order valence-corrected chi connectivity index (χ4v) is 2.47. The Hall–Kier alpha value is -1.36. The summed E-state index contributed by atoms with van der Waals surface area (Å²) in [6.07, 6.45) is 0. The number of hydrogen-bond donors (Lipinski definition) is 1. The smallest absolute Gasteiger partial charge is 0.231 e. The Morgan fingerprint density at radius 1 is 1.37 bits per heavy atom. The van der Waals surface area contributed by atoms with Gasteiger partial charge >= 0.3 is 0 Å². The summed E-state index contributed by atoms with van der Waals surface area (Å²) >= 11 is 1.60. The Morgan fingerprint density at radius 2 is 2.16 bits per heavy atom. The highest BCUT2D eigenvalue weighted by Gasteiger charge is 2.13. The number of benzene rings is 1. The first-order chi connectivity index (χ1) is 9.15. The molecule has 1 aromatic rings. The molecule has 0 unspecified atom stereocenters. The maximum atomic E-state index is 11.5. The molecule has 0 radical (unpaired) electrons. The van der Waals surface area contributed by atoms with E-state index in [1.54, 1.807) is 11.8 Å². The summed E-state index contributed by atoms with van der Waals surface area (Å²) < 4.78 is 10.6.